The molecule has 0 fully saturated rings. The van der Waals surface area contributed by atoms with E-state index in [1.54, 1.807) is 17.4 Å². The van der Waals surface area contributed by atoms with Gasteiger partial charge in [-0.15, -0.1) is 11.3 Å². The van der Waals surface area contributed by atoms with Crippen LogP contribution in [-0.4, -0.2) is 16.5 Å². The highest BCUT2D eigenvalue weighted by atomic mass is 79.9. The van der Waals surface area contributed by atoms with E-state index >= 15 is 0 Å². The van der Waals surface area contributed by atoms with Crippen LogP contribution in [0.2, 0.25) is 0 Å². The Balaban J connectivity index is 2.06. The van der Waals surface area contributed by atoms with Crippen molar-refractivity contribution in [2.24, 2.45) is 0 Å². The molecule has 2 heterocycles. The summed E-state index contributed by atoms with van der Waals surface area (Å²) < 4.78 is 14.2. The summed E-state index contributed by atoms with van der Waals surface area (Å²) in [7, 11) is 0. The summed E-state index contributed by atoms with van der Waals surface area (Å²) in [6.45, 7) is 2.72. The Bertz CT molecular complexity index is 790. The molecule has 0 atom stereocenters. The van der Waals surface area contributed by atoms with Gasteiger partial charge in [-0.2, -0.15) is 4.98 Å². The van der Waals surface area contributed by atoms with E-state index in [1.165, 1.54) is 12.1 Å². The average molecular weight is 367 g/mol. The van der Waals surface area contributed by atoms with Crippen molar-refractivity contribution in [3.63, 3.8) is 0 Å². The second-order valence-electron chi connectivity index (χ2n) is 4.31. The molecule has 108 valence electrons. The standard InChI is InChI=1S/C14H12BrFN4S/c1-2-17-14-19-12(9-5-6-21-13(9)20-14)18-11-7-8(16)3-4-10(11)15/h3-7H,2H2,1H3,(H2,17,18,19,20). The zero-order valence-corrected chi connectivity index (χ0v) is 13.6. The highest BCUT2D eigenvalue weighted by Gasteiger charge is 2.10. The minimum absolute atomic E-state index is 0.303. The summed E-state index contributed by atoms with van der Waals surface area (Å²) in [4.78, 5) is 9.78. The van der Waals surface area contributed by atoms with Crippen molar-refractivity contribution in [1.82, 2.24) is 9.97 Å². The van der Waals surface area contributed by atoms with Gasteiger partial charge in [-0.3, -0.25) is 0 Å². The van der Waals surface area contributed by atoms with Gasteiger partial charge in [0.1, 0.15) is 16.5 Å². The topological polar surface area (TPSA) is 49.8 Å². The first kappa shape index (κ1) is 14.2. The van der Waals surface area contributed by atoms with Crippen molar-refractivity contribution in [2.45, 2.75) is 6.92 Å². The molecule has 7 heteroatoms. The fraction of sp³-hybridized carbons (Fsp3) is 0.143. The molecule has 0 saturated heterocycles. The Morgan fingerprint density at radius 2 is 2.14 bits per heavy atom. The molecule has 3 rings (SSSR count). The summed E-state index contributed by atoms with van der Waals surface area (Å²) in [6, 6.07) is 6.44. The zero-order valence-electron chi connectivity index (χ0n) is 11.2. The average Bonchev–Trinajstić information content (AvgIpc) is 2.92. The van der Waals surface area contributed by atoms with Crippen molar-refractivity contribution in [1.29, 1.82) is 0 Å². The van der Waals surface area contributed by atoms with Crippen LogP contribution in [0.15, 0.2) is 34.1 Å². The molecule has 0 aliphatic heterocycles. The van der Waals surface area contributed by atoms with Gasteiger partial charge in [-0.05, 0) is 52.5 Å². The van der Waals surface area contributed by atoms with E-state index in [9.17, 15) is 4.39 Å². The molecule has 0 radical (unpaired) electrons. The number of thiophene rings is 1. The summed E-state index contributed by atoms with van der Waals surface area (Å²) in [6.07, 6.45) is 0. The van der Waals surface area contributed by atoms with Crippen LogP contribution in [-0.2, 0) is 0 Å². The quantitative estimate of drug-likeness (QED) is 0.698. The van der Waals surface area contributed by atoms with Gasteiger partial charge in [0.15, 0.2) is 0 Å². The fourth-order valence-electron chi connectivity index (χ4n) is 1.91. The Morgan fingerprint density at radius 3 is 2.95 bits per heavy atom. The number of aromatic nitrogens is 2. The van der Waals surface area contributed by atoms with Crippen molar-refractivity contribution >= 4 is 54.9 Å². The van der Waals surface area contributed by atoms with E-state index in [4.69, 9.17) is 0 Å². The molecule has 0 bridgehead atoms. The van der Waals surface area contributed by atoms with Gasteiger partial charge < -0.3 is 10.6 Å². The number of nitrogens with one attached hydrogen (secondary N) is 2. The van der Waals surface area contributed by atoms with Crippen LogP contribution >= 0.6 is 27.3 Å². The maximum atomic E-state index is 13.4. The van der Waals surface area contributed by atoms with Crippen molar-refractivity contribution < 1.29 is 4.39 Å². The molecule has 0 saturated carbocycles. The molecule has 0 unspecified atom stereocenters. The van der Waals surface area contributed by atoms with E-state index in [-0.39, 0.29) is 5.82 Å². The van der Waals surface area contributed by atoms with Gasteiger partial charge >= 0.3 is 0 Å². The summed E-state index contributed by atoms with van der Waals surface area (Å²) in [5.74, 6) is 0.911. The lowest BCUT2D eigenvalue weighted by molar-refractivity contribution is 0.628. The highest BCUT2D eigenvalue weighted by Crippen LogP contribution is 2.31. The lowest BCUT2D eigenvalue weighted by Gasteiger charge is -2.11. The molecular weight excluding hydrogens is 355 g/mol. The number of nitrogens with zero attached hydrogens (tertiary/aromatic N) is 2. The molecule has 0 aliphatic rings. The van der Waals surface area contributed by atoms with E-state index in [1.807, 2.05) is 18.4 Å². The summed E-state index contributed by atoms with van der Waals surface area (Å²) in [5, 5.41) is 9.14. The molecule has 2 aromatic heterocycles. The van der Waals surface area contributed by atoms with E-state index in [2.05, 4.69) is 36.5 Å². The minimum atomic E-state index is -0.303. The second kappa shape index (κ2) is 5.95. The number of halogens is 2. The molecule has 0 aliphatic carbocycles. The number of rotatable bonds is 4. The molecule has 0 amide bonds. The van der Waals surface area contributed by atoms with E-state index < -0.39 is 0 Å². The Labute approximate surface area is 133 Å². The number of fused-ring (bicyclic) bond motifs is 1. The van der Waals surface area contributed by atoms with Crippen LogP contribution in [0.4, 0.5) is 21.8 Å². The Kier molecular flexibility index (Phi) is 4.03. The molecule has 3 aromatic rings. The van der Waals surface area contributed by atoms with Crippen molar-refractivity contribution in [3.05, 3.63) is 39.9 Å². The van der Waals surface area contributed by atoms with Crippen LogP contribution in [0, 0.1) is 5.82 Å². The third-order valence-corrected chi connectivity index (χ3v) is 4.34. The third-order valence-electron chi connectivity index (χ3n) is 2.84. The summed E-state index contributed by atoms with van der Waals surface area (Å²) >= 11 is 4.95. The van der Waals surface area contributed by atoms with Gasteiger partial charge in [-0.25, -0.2) is 9.37 Å². The summed E-state index contributed by atoms with van der Waals surface area (Å²) in [5.41, 5.74) is 0.628. The van der Waals surface area contributed by atoms with Gasteiger partial charge in [0, 0.05) is 11.0 Å². The molecule has 2 N–H and O–H groups in total. The number of anilines is 3. The first-order chi connectivity index (χ1) is 10.2. The van der Waals surface area contributed by atoms with Crippen LogP contribution in [0.1, 0.15) is 6.92 Å². The van der Waals surface area contributed by atoms with Crippen molar-refractivity contribution in [3.8, 4) is 0 Å². The monoisotopic (exact) mass is 366 g/mol. The normalized spacial score (nSPS) is 10.8. The van der Waals surface area contributed by atoms with Crippen LogP contribution in [0.5, 0.6) is 0 Å². The minimum Gasteiger partial charge on any atom is -0.354 e. The number of hydrogen-bond donors (Lipinski definition) is 2. The SMILES string of the molecule is CCNc1nc(Nc2cc(F)ccc2Br)c2ccsc2n1. The van der Waals surface area contributed by atoms with Crippen molar-refractivity contribution in [2.75, 3.05) is 17.2 Å². The Hall–Kier alpha value is -1.73. The van der Waals surface area contributed by atoms with Crippen LogP contribution < -0.4 is 10.6 Å². The smallest absolute Gasteiger partial charge is 0.226 e. The highest BCUT2D eigenvalue weighted by molar-refractivity contribution is 9.10. The number of benzene rings is 1. The molecule has 21 heavy (non-hydrogen) atoms. The molecule has 1 aromatic carbocycles. The van der Waals surface area contributed by atoms with Gasteiger partial charge in [0.25, 0.3) is 0 Å². The fourth-order valence-corrected chi connectivity index (χ4v) is 3.02. The molecule has 4 nitrogen and oxygen atoms in total. The van der Waals surface area contributed by atoms with Crippen LogP contribution in [0.3, 0.4) is 0 Å². The zero-order chi connectivity index (χ0) is 14.8. The second-order valence-corrected chi connectivity index (χ2v) is 6.06. The van der Waals surface area contributed by atoms with Gasteiger partial charge in [0.2, 0.25) is 5.95 Å². The predicted octanol–water partition coefficient (Wildman–Crippen LogP) is 4.77. The lowest BCUT2D eigenvalue weighted by Crippen LogP contribution is -2.04. The number of hydrogen-bond acceptors (Lipinski definition) is 5. The first-order valence-electron chi connectivity index (χ1n) is 6.38. The third kappa shape index (κ3) is 2.98. The maximum Gasteiger partial charge on any atom is 0.226 e. The molecular formula is C14H12BrFN4S. The van der Waals surface area contributed by atoms with E-state index in [0.29, 0.717) is 17.5 Å². The lowest BCUT2D eigenvalue weighted by atomic mass is 10.3. The molecule has 0 spiro atoms. The Morgan fingerprint density at radius 1 is 1.29 bits per heavy atom. The largest absolute Gasteiger partial charge is 0.354 e. The maximum absolute atomic E-state index is 13.4. The van der Waals surface area contributed by atoms with Crippen LogP contribution in [0.25, 0.3) is 10.2 Å². The first-order valence-corrected chi connectivity index (χ1v) is 8.06. The predicted molar refractivity (Wildman–Crippen MR) is 89.0 cm³/mol. The van der Waals surface area contributed by atoms with Gasteiger partial charge in [-0.1, -0.05) is 0 Å². The van der Waals surface area contributed by atoms with E-state index in [0.717, 1.165) is 21.2 Å². The van der Waals surface area contributed by atoms with Gasteiger partial charge in [0.05, 0.1) is 11.1 Å².